The van der Waals surface area contributed by atoms with Gasteiger partial charge >= 0.3 is 0 Å². The van der Waals surface area contributed by atoms with Gasteiger partial charge in [0.25, 0.3) is 0 Å². The first-order chi connectivity index (χ1) is 14.2. The number of carbonyl (C=O) groups excluding carboxylic acids is 1. The standard InChI is InChI=1S/C24H23NO3S/c1-27-20-12-10-18(11-13-20)16-23(26)25-14-15-29-24(25)19-6-5-9-22(17-19)28-21-7-3-2-4-8-21/h2-13,17,24H,14-16H2,1H3. The molecule has 5 heteroatoms. The van der Waals surface area contributed by atoms with Crippen LogP contribution in [0.15, 0.2) is 78.9 Å². The molecule has 3 aromatic rings. The highest BCUT2D eigenvalue weighted by molar-refractivity contribution is 7.99. The first kappa shape index (κ1) is 19.4. The fourth-order valence-electron chi connectivity index (χ4n) is 3.38. The molecule has 1 saturated heterocycles. The summed E-state index contributed by atoms with van der Waals surface area (Å²) in [6.45, 7) is 0.758. The molecule has 0 spiro atoms. The lowest BCUT2D eigenvalue weighted by molar-refractivity contribution is -0.130. The lowest BCUT2D eigenvalue weighted by Gasteiger charge is -2.24. The molecular weight excluding hydrogens is 382 g/mol. The summed E-state index contributed by atoms with van der Waals surface area (Å²) in [4.78, 5) is 14.9. The van der Waals surface area contributed by atoms with Crippen molar-refractivity contribution in [2.75, 3.05) is 19.4 Å². The maximum atomic E-state index is 13.0. The van der Waals surface area contributed by atoms with Crippen molar-refractivity contribution in [3.05, 3.63) is 90.0 Å². The van der Waals surface area contributed by atoms with Gasteiger partial charge in [-0.25, -0.2) is 0 Å². The Morgan fingerprint density at radius 1 is 0.966 bits per heavy atom. The van der Waals surface area contributed by atoms with Crippen LogP contribution in [0.3, 0.4) is 0 Å². The summed E-state index contributed by atoms with van der Waals surface area (Å²) in [5, 5.41) is 0.0140. The topological polar surface area (TPSA) is 38.8 Å². The molecule has 1 aliphatic rings. The number of rotatable bonds is 6. The zero-order valence-corrected chi connectivity index (χ0v) is 17.1. The van der Waals surface area contributed by atoms with Gasteiger partial charge < -0.3 is 14.4 Å². The Balaban J connectivity index is 1.47. The van der Waals surface area contributed by atoms with Crippen molar-refractivity contribution in [3.63, 3.8) is 0 Å². The van der Waals surface area contributed by atoms with Crippen molar-refractivity contribution < 1.29 is 14.3 Å². The summed E-state index contributed by atoms with van der Waals surface area (Å²) in [6, 6.07) is 25.4. The summed E-state index contributed by atoms with van der Waals surface area (Å²) >= 11 is 1.79. The first-order valence-electron chi connectivity index (χ1n) is 9.60. The molecule has 3 aromatic carbocycles. The molecule has 1 atom stereocenters. The normalized spacial score (nSPS) is 15.9. The van der Waals surface area contributed by atoms with Crippen molar-refractivity contribution >= 4 is 17.7 Å². The van der Waals surface area contributed by atoms with Crippen molar-refractivity contribution in [3.8, 4) is 17.2 Å². The summed E-state index contributed by atoms with van der Waals surface area (Å²) < 4.78 is 11.2. The average Bonchev–Trinajstić information content (AvgIpc) is 3.25. The van der Waals surface area contributed by atoms with Gasteiger partial charge in [0.15, 0.2) is 0 Å². The minimum Gasteiger partial charge on any atom is -0.497 e. The number of methoxy groups -OCH3 is 1. The van der Waals surface area contributed by atoms with Gasteiger partial charge in [-0.2, -0.15) is 0 Å². The number of hydrogen-bond acceptors (Lipinski definition) is 4. The van der Waals surface area contributed by atoms with E-state index in [4.69, 9.17) is 9.47 Å². The van der Waals surface area contributed by atoms with Crippen LogP contribution in [0.5, 0.6) is 17.2 Å². The molecule has 1 unspecified atom stereocenters. The molecule has 1 amide bonds. The van der Waals surface area contributed by atoms with Crippen molar-refractivity contribution in [2.24, 2.45) is 0 Å². The summed E-state index contributed by atoms with van der Waals surface area (Å²) in [5.41, 5.74) is 2.08. The maximum absolute atomic E-state index is 13.0. The van der Waals surface area contributed by atoms with Crippen LogP contribution in [0.4, 0.5) is 0 Å². The summed E-state index contributed by atoms with van der Waals surface area (Å²) in [7, 11) is 1.64. The Hall–Kier alpha value is -2.92. The number of hydrogen-bond donors (Lipinski definition) is 0. The van der Waals surface area contributed by atoms with Gasteiger partial charge in [-0.3, -0.25) is 4.79 Å². The summed E-state index contributed by atoms with van der Waals surface area (Å²) in [5.74, 6) is 3.45. The van der Waals surface area contributed by atoms with E-state index in [1.807, 2.05) is 77.7 Å². The predicted octanol–water partition coefficient (Wildman–Crippen LogP) is 5.30. The molecule has 1 aliphatic heterocycles. The monoisotopic (exact) mass is 405 g/mol. The van der Waals surface area contributed by atoms with Crippen molar-refractivity contribution in [1.29, 1.82) is 0 Å². The molecule has 148 valence electrons. The number of ether oxygens (including phenoxy) is 2. The Morgan fingerprint density at radius 3 is 2.48 bits per heavy atom. The number of amides is 1. The van der Waals surface area contributed by atoms with Crippen molar-refractivity contribution in [2.45, 2.75) is 11.8 Å². The number of thioether (sulfide) groups is 1. The van der Waals surface area contributed by atoms with Gasteiger partial charge in [0.2, 0.25) is 5.91 Å². The third-order valence-corrected chi connectivity index (χ3v) is 6.11. The van der Waals surface area contributed by atoms with Crippen LogP contribution in [-0.2, 0) is 11.2 Å². The molecule has 4 nitrogen and oxygen atoms in total. The zero-order valence-electron chi connectivity index (χ0n) is 16.3. The molecule has 0 aromatic heterocycles. The van der Waals surface area contributed by atoms with Gasteiger partial charge in [0.1, 0.15) is 22.6 Å². The fraction of sp³-hybridized carbons (Fsp3) is 0.208. The van der Waals surface area contributed by atoms with Crippen LogP contribution < -0.4 is 9.47 Å². The van der Waals surface area contributed by atoms with Gasteiger partial charge in [-0.15, -0.1) is 11.8 Å². The molecule has 0 aliphatic carbocycles. The number of nitrogens with zero attached hydrogens (tertiary/aromatic N) is 1. The smallest absolute Gasteiger partial charge is 0.228 e. The second-order valence-corrected chi connectivity index (χ2v) is 8.01. The second-order valence-electron chi connectivity index (χ2n) is 6.82. The molecule has 0 saturated carbocycles. The second kappa shape index (κ2) is 9.05. The largest absolute Gasteiger partial charge is 0.497 e. The average molecular weight is 406 g/mol. The Labute approximate surface area is 175 Å². The van der Waals surface area contributed by atoms with E-state index >= 15 is 0 Å². The number of benzene rings is 3. The molecular formula is C24H23NO3S. The van der Waals surface area contributed by atoms with E-state index in [0.29, 0.717) is 6.42 Å². The zero-order chi connectivity index (χ0) is 20.1. The molecule has 4 rings (SSSR count). The van der Waals surface area contributed by atoms with E-state index in [-0.39, 0.29) is 11.3 Å². The Bertz CT molecular complexity index is 959. The van der Waals surface area contributed by atoms with Crippen LogP contribution in [-0.4, -0.2) is 30.2 Å². The molecule has 0 bridgehead atoms. The van der Waals surface area contributed by atoms with Gasteiger partial charge in [-0.05, 0) is 47.5 Å². The fourth-order valence-corrected chi connectivity index (χ4v) is 4.64. The van der Waals surface area contributed by atoms with E-state index in [1.54, 1.807) is 18.9 Å². The first-order valence-corrected chi connectivity index (χ1v) is 10.6. The van der Waals surface area contributed by atoms with Crippen LogP contribution >= 0.6 is 11.8 Å². The Kier molecular flexibility index (Phi) is 6.06. The predicted molar refractivity (Wildman–Crippen MR) is 117 cm³/mol. The highest BCUT2D eigenvalue weighted by Crippen LogP contribution is 2.39. The lowest BCUT2D eigenvalue weighted by Crippen LogP contribution is -2.31. The highest BCUT2D eigenvalue weighted by Gasteiger charge is 2.30. The van der Waals surface area contributed by atoms with E-state index in [2.05, 4.69) is 6.07 Å². The molecule has 1 heterocycles. The highest BCUT2D eigenvalue weighted by atomic mass is 32.2. The third-order valence-electron chi connectivity index (χ3n) is 4.85. The van der Waals surface area contributed by atoms with E-state index in [9.17, 15) is 4.79 Å². The molecule has 0 N–H and O–H groups in total. The van der Waals surface area contributed by atoms with Gasteiger partial charge in [0, 0.05) is 12.3 Å². The number of para-hydroxylation sites is 1. The maximum Gasteiger partial charge on any atom is 0.228 e. The van der Waals surface area contributed by atoms with Crippen LogP contribution in [0.1, 0.15) is 16.5 Å². The lowest BCUT2D eigenvalue weighted by atomic mass is 10.1. The van der Waals surface area contributed by atoms with Gasteiger partial charge in [0.05, 0.1) is 13.5 Å². The minimum absolute atomic E-state index is 0.0140. The Morgan fingerprint density at radius 2 is 1.72 bits per heavy atom. The van der Waals surface area contributed by atoms with Gasteiger partial charge in [-0.1, -0.05) is 42.5 Å². The number of carbonyl (C=O) groups is 1. The van der Waals surface area contributed by atoms with E-state index < -0.39 is 0 Å². The molecule has 1 fully saturated rings. The van der Waals surface area contributed by atoms with Crippen molar-refractivity contribution in [1.82, 2.24) is 4.90 Å². The minimum atomic E-state index is 0.0140. The quantitative estimate of drug-likeness (QED) is 0.558. The molecule has 0 radical (unpaired) electrons. The summed E-state index contributed by atoms with van der Waals surface area (Å²) in [6.07, 6.45) is 0.390. The van der Waals surface area contributed by atoms with Crippen LogP contribution in [0, 0.1) is 0 Å². The third kappa shape index (κ3) is 4.74. The van der Waals surface area contributed by atoms with Crippen LogP contribution in [0.2, 0.25) is 0 Å². The molecule has 29 heavy (non-hydrogen) atoms. The SMILES string of the molecule is COc1ccc(CC(=O)N2CCSC2c2cccc(Oc3ccccc3)c2)cc1. The van der Waals surface area contributed by atoms with Crippen LogP contribution in [0.25, 0.3) is 0 Å². The van der Waals surface area contributed by atoms with E-state index in [0.717, 1.165) is 40.7 Å². The van der Waals surface area contributed by atoms with E-state index in [1.165, 1.54) is 0 Å².